The Hall–Kier alpha value is -2.86. The number of hydrogen-bond donors (Lipinski definition) is 1. The molecule has 1 aromatic heterocycles. The summed E-state index contributed by atoms with van der Waals surface area (Å²) in [4.78, 5) is 16.8. The summed E-state index contributed by atoms with van der Waals surface area (Å²) in [5.41, 5.74) is 2.45. The smallest absolute Gasteiger partial charge is 0.270 e. The molecule has 0 atom stereocenters. The van der Waals surface area contributed by atoms with Crippen molar-refractivity contribution < 1.29 is 14.3 Å². The molecule has 0 bridgehead atoms. The van der Waals surface area contributed by atoms with Gasteiger partial charge in [0.05, 0.1) is 19.8 Å². The van der Waals surface area contributed by atoms with Crippen LogP contribution >= 0.6 is 11.3 Å². The van der Waals surface area contributed by atoms with Crippen LogP contribution in [-0.4, -0.2) is 31.7 Å². The van der Waals surface area contributed by atoms with E-state index in [4.69, 9.17) is 9.47 Å². The molecule has 1 heterocycles. The quantitative estimate of drug-likeness (QED) is 0.689. The van der Waals surface area contributed by atoms with Gasteiger partial charge in [-0.3, -0.25) is 4.79 Å². The van der Waals surface area contributed by atoms with Gasteiger partial charge in [-0.1, -0.05) is 24.3 Å². The predicted octanol–water partition coefficient (Wildman–Crippen LogP) is 3.80. The maximum atomic E-state index is 12.3. The highest BCUT2D eigenvalue weighted by atomic mass is 32.1. The van der Waals surface area contributed by atoms with Crippen LogP contribution in [0.25, 0.3) is 10.6 Å². The van der Waals surface area contributed by atoms with Gasteiger partial charge in [-0.2, -0.15) is 0 Å². The SMILES string of the molecule is COc1ccc(CCNC(=O)c2csc(-c3ccccc3OC)n2)cc1. The van der Waals surface area contributed by atoms with Crippen LogP contribution in [0.2, 0.25) is 0 Å². The van der Waals surface area contributed by atoms with Gasteiger partial charge >= 0.3 is 0 Å². The molecule has 1 amide bonds. The first-order valence-corrected chi connectivity index (χ1v) is 9.09. The number of nitrogens with zero attached hydrogens (tertiary/aromatic N) is 1. The Morgan fingerprint density at radius 3 is 2.58 bits per heavy atom. The molecule has 2 aromatic carbocycles. The van der Waals surface area contributed by atoms with Gasteiger partial charge in [0.2, 0.25) is 0 Å². The van der Waals surface area contributed by atoms with E-state index in [9.17, 15) is 4.79 Å². The van der Waals surface area contributed by atoms with Crippen molar-refractivity contribution in [2.24, 2.45) is 0 Å². The first-order chi connectivity index (χ1) is 12.7. The standard InChI is InChI=1S/C20H20N2O3S/c1-24-15-9-7-14(8-10-15)11-12-21-19(23)17-13-26-20(22-17)16-5-3-4-6-18(16)25-2/h3-10,13H,11-12H2,1-2H3,(H,21,23). The van der Waals surface area contributed by atoms with Crippen molar-refractivity contribution in [1.82, 2.24) is 10.3 Å². The average molecular weight is 368 g/mol. The number of ether oxygens (including phenoxy) is 2. The van der Waals surface area contributed by atoms with Crippen molar-refractivity contribution in [2.45, 2.75) is 6.42 Å². The zero-order valence-electron chi connectivity index (χ0n) is 14.7. The number of hydrogen-bond acceptors (Lipinski definition) is 5. The van der Waals surface area contributed by atoms with Crippen LogP contribution in [0.15, 0.2) is 53.9 Å². The monoisotopic (exact) mass is 368 g/mol. The Labute approximate surface area is 156 Å². The lowest BCUT2D eigenvalue weighted by Crippen LogP contribution is -2.25. The van der Waals surface area contributed by atoms with Gasteiger partial charge in [0.25, 0.3) is 5.91 Å². The van der Waals surface area contributed by atoms with Crippen LogP contribution < -0.4 is 14.8 Å². The molecule has 1 N–H and O–H groups in total. The van der Waals surface area contributed by atoms with Gasteiger partial charge in [-0.05, 0) is 36.2 Å². The van der Waals surface area contributed by atoms with Crippen LogP contribution in [0.4, 0.5) is 0 Å². The van der Waals surface area contributed by atoms with E-state index < -0.39 is 0 Å². The molecule has 0 radical (unpaired) electrons. The molecular weight excluding hydrogens is 348 g/mol. The first kappa shape index (κ1) is 17.9. The van der Waals surface area contributed by atoms with E-state index in [1.165, 1.54) is 11.3 Å². The summed E-state index contributed by atoms with van der Waals surface area (Å²) in [6, 6.07) is 15.5. The van der Waals surface area contributed by atoms with Gasteiger partial charge in [-0.15, -0.1) is 11.3 Å². The lowest BCUT2D eigenvalue weighted by molar-refractivity contribution is 0.0950. The molecule has 0 fully saturated rings. The van der Waals surface area contributed by atoms with Crippen molar-refractivity contribution in [2.75, 3.05) is 20.8 Å². The van der Waals surface area contributed by atoms with E-state index in [2.05, 4.69) is 10.3 Å². The van der Waals surface area contributed by atoms with E-state index >= 15 is 0 Å². The Kier molecular flexibility index (Phi) is 5.86. The van der Waals surface area contributed by atoms with E-state index in [0.29, 0.717) is 12.2 Å². The fraction of sp³-hybridized carbons (Fsp3) is 0.200. The molecule has 0 spiro atoms. The number of aromatic nitrogens is 1. The van der Waals surface area contributed by atoms with E-state index in [-0.39, 0.29) is 5.91 Å². The minimum atomic E-state index is -0.170. The average Bonchev–Trinajstić information content (AvgIpc) is 3.18. The van der Waals surface area contributed by atoms with E-state index in [1.807, 2.05) is 48.5 Å². The van der Waals surface area contributed by atoms with Crippen LogP contribution in [0.5, 0.6) is 11.5 Å². The second-order valence-corrected chi connectivity index (χ2v) is 6.45. The van der Waals surface area contributed by atoms with Gasteiger partial charge in [0, 0.05) is 11.9 Å². The fourth-order valence-corrected chi connectivity index (χ4v) is 3.36. The highest BCUT2D eigenvalue weighted by molar-refractivity contribution is 7.13. The molecule has 0 saturated heterocycles. The minimum absolute atomic E-state index is 0.170. The Morgan fingerprint density at radius 1 is 1.08 bits per heavy atom. The summed E-state index contributed by atoms with van der Waals surface area (Å²) in [5.74, 6) is 1.40. The number of thiazole rings is 1. The summed E-state index contributed by atoms with van der Waals surface area (Å²) < 4.78 is 10.5. The number of amides is 1. The molecule has 0 aliphatic carbocycles. The van der Waals surface area contributed by atoms with E-state index in [0.717, 1.165) is 34.1 Å². The topological polar surface area (TPSA) is 60.5 Å². The Bertz CT molecular complexity index is 875. The molecule has 3 aromatic rings. The molecule has 134 valence electrons. The van der Waals surface area contributed by atoms with Crippen LogP contribution in [-0.2, 0) is 6.42 Å². The number of para-hydroxylation sites is 1. The van der Waals surface area contributed by atoms with Gasteiger partial charge in [0.1, 0.15) is 22.2 Å². The van der Waals surface area contributed by atoms with Gasteiger partial charge in [0.15, 0.2) is 0 Å². The summed E-state index contributed by atoms with van der Waals surface area (Å²) in [7, 11) is 3.27. The largest absolute Gasteiger partial charge is 0.497 e. The maximum Gasteiger partial charge on any atom is 0.270 e. The van der Waals surface area contributed by atoms with Crippen molar-refractivity contribution in [1.29, 1.82) is 0 Å². The molecular formula is C20H20N2O3S. The molecule has 0 aliphatic rings. The van der Waals surface area contributed by atoms with Crippen molar-refractivity contribution in [3.8, 4) is 22.1 Å². The fourth-order valence-electron chi connectivity index (χ4n) is 2.53. The molecule has 0 saturated carbocycles. The molecule has 6 heteroatoms. The highest BCUT2D eigenvalue weighted by Crippen LogP contribution is 2.31. The lowest BCUT2D eigenvalue weighted by atomic mass is 10.1. The summed E-state index contributed by atoms with van der Waals surface area (Å²) in [6.07, 6.45) is 0.749. The Morgan fingerprint density at radius 2 is 1.85 bits per heavy atom. The number of nitrogens with one attached hydrogen (secondary N) is 1. The highest BCUT2D eigenvalue weighted by Gasteiger charge is 2.14. The third-order valence-corrected chi connectivity index (χ3v) is 4.81. The molecule has 3 rings (SSSR count). The second kappa shape index (κ2) is 8.49. The minimum Gasteiger partial charge on any atom is -0.497 e. The number of benzene rings is 2. The normalized spacial score (nSPS) is 10.4. The van der Waals surface area contributed by atoms with Gasteiger partial charge in [-0.25, -0.2) is 4.98 Å². The number of methoxy groups -OCH3 is 2. The molecule has 0 aliphatic heterocycles. The van der Waals surface area contributed by atoms with Crippen LogP contribution in [0.1, 0.15) is 16.1 Å². The predicted molar refractivity (Wildman–Crippen MR) is 103 cm³/mol. The molecule has 0 unspecified atom stereocenters. The van der Waals surface area contributed by atoms with Crippen LogP contribution in [0, 0.1) is 0 Å². The first-order valence-electron chi connectivity index (χ1n) is 8.21. The second-order valence-electron chi connectivity index (χ2n) is 5.59. The summed E-state index contributed by atoms with van der Waals surface area (Å²) in [6.45, 7) is 0.548. The third kappa shape index (κ3) is 4.21. The number of carbonyl (C=O) groups excluding carboxylic acids is 1. The van der Waals surface area contributed by atoms with Crippen molar-refractivity contribution >= 4 is 17.2 Å². The van der Waals surface area contributed by atoms with Crippen molar-refractivity contribution in [3.63, 3.8) is 0 Å². The number of rotatable bonds is 7. The van der Waals surface area contributed by atoms with E-state index in [1.54, 1.807) is 19.6 Å². The molecule has 5 nitrogen and oxygen atoms in total. The zero-order valence-corrected chi connectivity index (χ0v) is 15.5. The maximum absolute atomic E-state index is 12.3. The summed E-state index contributed by atoms with van der Waals surface area (Å²) >= 11 is 1.43. The van der Waals surface area contributed by atoms with Gasteiger partial charge < -0.3 is 14.8 Å². The van der Waals surface area contributed by atoms with Crippen LogP contribution in [0.3, 0.4) is 0 Å². The molecule has 26 heavy (non-hydrogen) atoms. The Balaban J connectivity index is 1.59. The zero-order chi connectivity index (χ0) is 18.4. The summed E-state index contributed by atoms with van der Waals surface area (Å²) in [5, 5.41) is 5.45. The van der Waals surface area contributed by atoms with Crippen molar-refractivity contribution in [3.05, 3.63) is 65.2 Å². The lowest BCUT2D eigenvalue weighted by Gasteiger charge is -2.05. The number of carbonyl (C=O) groups is 1. The third-order valence-electron chi connectivity index (χ3n) is 3.93.